The average Bonchev–Trinajstić information content (AvgIpc) is 2.66. The highest BCUT2D eigenvalue weighted by Crippen LogP contribution is 2.33. The number of H-pyrrole nitrogens is 1. The summed E-state index contributed by atoms with van der Waals surface area (Å²) < 4.78 is 0. The molecule has 1 aromatic heterocycles. The highest BCUT2D eigenvalue weighted by molar-refractivity contribution is 5.43. The summed E-state index contributed by atoms with van der Waals surface area (Å²) in [7, 11) is 0. The largest absolute Gasteiger partial charge is 0.392 e. The number of nitrogen functional groups attached to an aromatic ring is 1. The van der Waals surface area contributed by atoms with Crippen molar-refractivity contribution in [2.45, 2.75) is 18.8 Å². The maximum absolute atomic E-state index is 10.9. The van der Waals surface area contributed by atoms with Crippen molar-refractivity contribution in [2.75, 3.05) is 12.3 Å². The standard InChI is InChI=1S/C10H13N3O2/c11-9-8(4-12-10(15)13-9)7-2-1-6(3-7)5-14/h3-4,7,14H,1-2,5H2,(H3,11,12,13,15)/t7-/m1/s1. The van der Waals surface area contributed by atoms with Gasteiger partial charge in [-0.3, -0.25) is 0 Å². The lowest BCUT2D eigenvalue weighted by atomic mass is 10.0. The maximum atomic E-state index is 10.9. The Hall–Kier alpha value is -1.62. The van der Waals surface area contributed by atoms with Crippen LogP contribution < -0.4 is 11.4 Å². The van der Waals surface area contributed by atoms with Crippen LogP contribution in [-0.4, -0.2) is 21.7 Å². The molecule has 1 aliphatic rings. The molecule has 1 heterocycles. The first-order valence-corrected chi connectivity index (χ1v) is 4.86. The van der Waals surface area contributed by atoms with E-state index < -0.39 is 5.69 Å². The Kier molecular flexibility index (Phi) is 2.55. The Morgan fingerprint density at radius 3 is 3.07 bits per heavy atom. The molecule has 0 aromatic carbocycles. The number of aliphatic hydroxyl groups excluding tert-OH is 1. The summed E-state index contributed by atoms with van der Waals surface area (Å²) in [6.45, 7) is 0.0905. The molecule has 0 radical (unpaired) electrons. The number of aromatic nitrogens is 2. The van der Waals surface area contributed by atoms with E-state index in [4.69, 9.17) is 10.8 Å². The van der Waals surface area contributed by atoms with Crippen molar-refractivity contribution in [3.63, 3.8) is 0 Å². The highest BCUT2D eigenvalue weighted by atomic mass is 16.3. The van der Waals surface area contributed by atoms with Gasteiger partial charge in [-0.2, -0.15) is 4.98 Å². The number of nitrogens with one attached hydrogen (secondary N) is 1. The Balaban J connectivity index is 2.31. The molecule has 0 amide bonds. The Bertz CT molecular complexity index is 450. The first-order valence-electron chi connectivity index (χ1n) is 4.86. The van der Waals surface area contributed by atoms with Gasteiger partial charge in [0.1, 0.15) is 5.82 Å². The van der Waals surface area contributed by atoms with Crippen molar-refractivity contribution in [1.82, 2.24) is 9.97 Å². The number of aromatic amines is 1. The number of nitrogens with two attached hydrogens (primary N) is 1. The van der Waals surface area contributed by atoms with E-state index in [1.165, 1.54) is 0 Å². The molecule has 0 saturated heterocycles. The second kappa shape index (κ2) is 3.86. The van der Waals surface area contributed by atoms with Crippen molar-refractivity contribution < 1.29 is 5.11 Å². The van der Waals surface area contributed by atoms with Gasteiger partial charge in [-0.25, -0.2) is 4.79 Å². The first-order chi connectivity index (χ1) is 7.20. The molecule has 0 unspecified atom stereocenters. The van der Waals surface area contributed by atoms with Gasteiger partial charge < -0.3 is 15.8 Å². The summed E-state index contributed by atoms with van der Waals surface area (Å²) in [4.78, 5) is 17.0. The first kappa shape index (κ1) is 9.92. The molecule has 15 heavy (non-hydrogen) atoms. The molecule has 0 spiro atoms. The molecule has 2 rings (SSSR count). The average molecular weight is 207 g/mol. The van der Waals surface area contributed by atoms with E-state index >= 15 is 0 Å². The number of allylic oxidation sites excluding steroid dienone is 1. The third-order valence-corrected chi connectivity index (χ3v) is 2.68. The van der Waals surface area contributed by atoms with E-state index in [1.54, 1.807) is 6.20 Å². The fourth-order valence-corrected chi connectivity index (χ4v) is 1.89. The van der Waals surface area contributed by atoms with E-state index in [0.29, 0.717) is 0 Å². The van der Waals surface area contributed by atoms with Gasteiger partial charge in [-0.1, -0.05) is 6.08 Å². The molecular weight excluding hydrogens is 194 g/mol. The lowest BCUT2D eigenvalue weighted by molar-refractivity contribution is 0.328. The zero-order valence-electron chi connectivity index (χ0n) is 8.23. The summed E-state index contributed by atoms with van der Waals surface area (Å²) in [5, 5.41) is 8.97. The molecular formula is C10H13N3O2. The van der Waals surface area contributed by atoms with Crippen LogP contribution in [0.4, 0.5) is 5.82 Å². The topological polar surface area (TPSA) is 92.0 Å². The molecule has 5 nitrogen and oxygen atoms in total. The number of aliphatic hydroxyl groups is 1. The molecule has 0 saturated carbocycles. The quantitative estimate of drug-likeness (QED) is 0.602. The molecule has 1 aliphatic carbocycles. The number of rotatable bonds is 2. The third-order valence-electron chi connectivity index (χ3n) is 2.68. The van der Waals surface area contributed by atoms with Crippen LogP contribution in [0.2, 0.25) is 0 Å². The SMILES string of the molecule is Nc1nc(=O)[nH]cc1[C@H]1C=C(CO)CC1. The number of hydrogen-bond donors (Lipinski definition) is 3. The molecule has 1 atom stereocenters. The Morgan fingerprint density at radius 1 is 1.67 bits per heavy atom. The molecule has 5 heteroatoms. The fourth-order valence-electron chi connectivity index (χ4n) is 1.89. The van der Waals surface area contributed by atoms with Crippen molar-refractivity contribution >= 4 is 5.82 Å². The summed E-state index contributed by atoms with van der Waals surface area (Å²) in [6.07, 6.45) is 5.38. The van der Waals surface area contributed by atoms with Crippen molar-refractivity contribution in [3.05, 3.63) is 33.9 Å². The van der Waals surface area contributed by atoms with Gasteiger partial charge in [-0.15, -0.1) is 0 Å². The minimum atomic E-state index is -0.430. The van der Waals surface area contributed by atoms with Crippen LogP contribution in [0.5, 0.6) is 0 Å². The summed E-state index contributed by atoms with van der Waals surface area (Å²) in [5.74, 6) is 0.440. The van der Waals surface area contributed by atoms with E-state index in [1.807, 2.05) is 6.08 Å². The van der Waals surface area contributed by atoms with Crippen LogP contribution in [-0.2, 0) is 0 Å². The second-order valence-electron chi connectivity index (χ2n) is 3.67. The second-order valence-corrected chi connectivity index (χ2v) is 3.67. The van der Waals surface area contributed by atoms with Crippen LogP contribution in [0.15, 0.2) is 22.6 Å². The van der Waals surface area contributed by atoms with Crippen LogP contribution in [0.1, 0.15) is 24.3 Å². The number of hydrogen-bond acceptors (Lipinski definition) is 4. The van der Waals surface area contributed by atoms with E-state index in [0.717, 1.165) is 24.0 Å². The monoisotopic (exact) mass is 207 g/mol. The van der Waals surface area contributed by atoms with Gasteiger partial charge in [0.05, 0.1) is 6.61 Å². The van der Waals surface area contributed by atoms with Crippen molar-refractivity contribution in [3.8, 4) is 0 Å². The summed E-state index contributed by atoms with van der Waals surface area (Å²) in [5.41, 5.74) is 7.09. The lowest BCUT2D eigenvalue weighted by Crippen LogP contribution is -2.14. The number of nitrogens with zero attached hydrogens (tertiary/aromatic N) is 1. The van der Waals surface area contributed by atoms with Gasteiger partial charge >= 0.3 is 5.69 Å². The van der Waals surface area contributed by atoms with E-state index in [2.05, 4.69) is 9.97 Å². The van der Waals surface area contributed by atoms with Crippen LogP contribution in [0.25, 0.3) is 0 Å². The normalized spacial score (nSPS) is 20.3. The van der Waals surface area contributed by atoms with Crippen molar-refractivity contribution in [1.29, 1.82) is 0 Å². The minimum Gasteiger partial charge on any atom is -0.392 e. The maximum Gasteiger partial charge on any atom is 0.346 e. The smallest absolute Gasteiger partial charge is 0.346 e. The Morgan fingerprint density at radius 2 is 2.47 bits per heavy atom. The van der Waals surface area contributed by atoms with Gasteiger partial charge in [0.25, 0.3) is 0 Å². The summed E-state index contributed by atoms with van der Waals surface area (Å²) in [6, 6.07) is 0. The Labute approximate surface area is 86.7 Å². The van der Waals surface area contributed by atoms with E-state index in [9.17, 15) is 4.79 Å². The van der Waals surface area contributed by atoms with Gasteiger partial charge in [-0.05, 0) is 18.4 Å². The van der Waals surface area contributed by atoms with Gasteiger partial charge in [0.15, 0.2) is 0 Å². The van der Waals surface area contributed by atoms with Crippen LogP contribution in [0.3, 0.4) is 0 Å². The molecule has 0 bridgehead atoms. The minimum absolute atomic E-state index is 0.0905. The van der Waals surface area contributed by atoms with Crippen LogP contribution in [0, 0.1) is 0 Å². The molecule has 4 N–H and O–H groups in total. The highest BCUT2D eigenvalue weighted by Gasteiger charge is 2.19. The van der Waals surface area contributed by atoms with Gasteiger partial charge in [0.2, 0.25) is 0 Å². The molecule has 80 valence electrons. The van der Waals surface area contributed by atoms with Crippen LogP contribution >= 0.6 is 0 Å². The van der Waals surface area contributed by atoms with Gasteiger partial charge in [0, 0.05) is 17.7 Å². The molecule has 1 aromatic rings. The lowest BCUT2D eigenvalue weighted by Gasteiger charge is -2.08. The van der Waals surface area contributed by atoms with E-state index in [-0.39, 0.29) is 18.3 Å². The predicted molar refractivity (Wildman–Crippen MR) is 56.4 cm³/mol. The zero-order chi connectivity index (χ0) is 10.8. The fraction of sp³-hybridized carbons (Fsp3) is 0.400. The zero-order valence-corrected chi connectivity index (χ0v) is 8.23. The van der Waals surface area contributed by atoms with Crippen molar-refractivity contribution in [2.24, 2.45) is 0 Å². The molecule has 0 aliphatic heterocycles. The third kappa shape index (κ3) is 1.92. The summed E-state index contributed by atoms with van der Waals surface area (Å²) >= 11 is 0. The molecule has 0 fully saturated rings. The number of anilines is 1. The predicted octanol–water partition coefficient (Wildman–Crippen LogP) is 0.148.